The lowest BCUT2D eigenvalue weighted by Crippen LogP contribution is -2.02. The summed E-state index contributed by atoms with van der Waals surface area (Å²) in [5.74, 6) is 0.987. The van der Waals surface area contributed by atoms with Gasteiger partial charge >= 0.3 is 0 Å². The van der Waals surface area contributed by atoms with Crippen LogP contribution >= 0.6 is 35.0 Å². The van der Waals surface area contributed by atoms with Gasteiger partial charge in [-0.2, -0.15) is 0 Å². The molecular formula is C18H14Cl2N2OS2. The largest absolute Gasteiger partial charge is 0.254 e. The summed E-state index contributed by atoms with van der Waals surface area (Å²) >= 11 is 13.3. The first-order valence-corrected chi connectivity index (χ1v) is 10.3. The average Bonchev–Trinajstić information content (AvgIpc) is 2.57. The van der Waals surface area contributed by atoms with Gasteiger partial charge in [-0.1, -0.05) is 35.0 Å². The van der Waals surface area contributed by atoms with Gasteiger partial charge in [-0.25, -0.2) is 9.97 Å². The van der Waals surface area contributed by atoms with Crippen LogP contribution in [0.3, 0.4) is 0 Å². The van der Waals surface area contributed by atoms with E-state index < -0.39 is 10.8 Å². The summed E-state index contributed by atoms with van der Waals surface area (Å²) in [6.45, 7) is 1.83. The van der Waals surface area contributed by atoms with Crippen LogP contribution in [-0.4, -0.2) is 14.2 Å². The first-order valence-electron chi connectivity index (χ1n) is 7.41. The van der Waals surface area contributed by atoms with Gasteiger partial charge in [0.25, 0.3) is 0 Å². The Hall–Kier alpha value is -1.40. The third-order valence-corrected chi connectivity index (χ3v) is 6.05. The third-order valence-electron chi connectivity index (χ3n) is 3.26. The van der Waals surface area contributed by atoms with Gasteiger partial charge in [-0.15, -0.1) is 0 Å². The van der Waals surface area contributed by atoms with Crippen molar-refractivity contribution in [2.75, 3.05) is 0 Å². The Kier molecular flexibility index (Phi) is 6.12. The quantitative estimate of drug-likeness (QED) is 0.518. The first kappa shape index (κ1) is 18.4. The Balaban J connectivity index is 1.77. The van der Waals surface area contributed by atoms with Gasteiger partial charge < -0.3 is 0 Å². The van der Waals surface area contributed by atoms with Gasteiger partial charge in [0.15, 0.2) is 0 Å². The maximum Gasteiger partial charge on any atom is 0.126 e. The highest BCUT2D eigenvalue weighted by Crippen LogP contribution is 2.28. The van der Waals surface area contributed by atoms with E-state index in [-0.39, 0.29) is 0 Å². The maximum absolute atomic E-state index is 12.5. The van der Waals surface area contributed by atoms with E-state index in [1.165, 1.54) is 11.8 Å². The van der Waals surface area contributed by atoms with Crippen LogP contribution in [0.25, 0.3) is 0 Å². The summed E-state index contributed by atoms with van der Waals surface area (Å²) in [7, 11) is -1.18. The van der Waals surface area contributed by atoms with Crippen LogP contribution < -0.4 is 0 Å². The predicted octanol–water partition coefficient (Wildman–Crippen LogP) is 5.55. The molecule has 0 N–H and O–H groups in total. The van der Waals surface area contributed by atoms with Crippen LogP contribution in [0.1, 0.15) is 11.5 Å². The SMILES string of the molecule is Cc1nc(C[S@@](=O)c2ccc(Cl)cc2)cc(Sc2ccc(Cl)cc2)n1. The standard InChI is InChI=1S/C18H14Cl2N2OS2/c1-12-21-15(11-25(23)17-8-4-14(20)5-9-17)10-18(22-12)24-16-6-2-13(19)3-7-16/h2-10H,11H2,1H3/t25-/m1/s1. The van der Waals surface area contributed by atoms with Crippen LogP contribution in [0.2, 0.25) is 10.0 Å². The molecule has 1 atom stereocenters. The highest BCUT2D eigenvalue weighted by molar-refractivity contribution is 7.99. The molecule has 25 heavy (non-hydrogen) atoms. The second kappa shape index (κ2) is 8.32. The summed E-state index contributed by atoms with van der Waals surface area (Å²) in [4.78, 5) is 10.6. The summed E-state index contributed by atoms with van der Waals surface area (Å²) < 4.78 is 12.5. The fraction of sp³-hybridized carbons (Fsp3) is 0.111. The second-order valence-corrected chi connectivity index (χ2v) is 8.66. The minimum Gasteiger partial charge on any atom is -0.254 e. The molecule has 7 heteroatoms. The molecule has 0 fully saturated rings. The van der Waals surface area contributed by atoms with Crippen molar-refractivity contribution in [1.29, 1.82) is 0 Å². The molecule has 0 radical (unpaired) electrons. The highest BCUT2D eigenvalue weighted by Gasteiger charge is 2.10. The number of hydrogen-bond donors (Lipinski definition) is 0. The van der Waals surface area contributed by atoms with E-state index in [9.17, 15) is 4.21 Å². The van der Waals surface area contributed by atoms with Crippen LogP contribution in [0.5, 0.6) is 0 Å². The summed E-state index contributed by atoms with van der Waals surface area (Å²) in [6, 6.07) is 16.5. The molecule has 0 amide bonds. The van der Waals surface area contributed by atoms with Crippen LogP contribution in [0, 0.1) is 6.92 Å². The molecule has 0 aliphatic rings. The Bertz CT molecular complexity index is 900. The Morgan fingerprint density at radius 1 is 0.960 bits per heavy atom. The van der Waals surface area contributed by atoms with E-state index in [0.29, 0.717) is 21.6 Å². The number of rotatable bonds is 5. The van der Waals surface area contributed by atoms with E-state index in [1.807, 2.05) is 37.3 Å². The zero-order chi connectivity index (χ0) is 17.8. The molecule has 0 unspecified atom stereocenters. The van der Waals surface area contributed by atoms with Gasteiger partial charge in [-0.05, 0) is 61.5 Å². The van der Waals surface area contributed by atoms with E-state index in [0.717, 1.165) is 20.5 Å². The van der Waals surface area contributed by atoms with E-state index in [1.54, 1.807) is 24.3 Å². The van der Waals surface area contributed by atoms with Crippen molar-refractivity contribution in [3.8, 4) is 0 Å². The summed E-state index contributed by atoms with van der Waals surface area (Å²) in [5, 5.41) is 2.14. The monoisotopic (exact) mass is 408 g/mol. The van der Waals surface area contributed by atoms with Gasteiger partial charge in [0.2, 0.25) is 0 Å². The highest BCUT2D eigenvalue weighted by atomic mass is 35.5. The molecule has 3 rings (SSSR count). The number of halogens is 2. The van der Waals surface area contributed by atoms with Crippen LogP contribution in [0.4, 0.5) is 0 Å². The molecule has 0 bridgehead atoms. The van der Waals surface area contributed by atoms with Crippen molar-refractivity contribution >= 4 is 45.8 Å². The van der Waals surface area contributed by atoms with Crippen molar-refractivity contribution in [2.45, 2.75) is 27.5 Å². The van der Waals surface area contributed by atoms with Crippen LogP contribution in [-0.2, 0) is 16.6 Å². The molecule has 0 saturated heterocycles. The predicted molar refractivity (Wildman–Crippen MR) is 104 cm³/mol. The molecule has 0 saturated carbocycles. The van der Waals surface area contributed by atoms with Gasteiger partial charge in [0.1, 0.15) is 10.9 Å². The molecule has 128 valence electrons. The molecule has 1 aromatic heterocycles. The lowest BCUT2D eigenvalue weighted by molar-refractivity contribution is 0.681. The number of aromatic nitrogens is 2. The molecule has 3 aromatic rings. The van der Waals surface area contributed by atoms with Gasteiger partial charge in [0, 0.05) is 19.8 Å². The molecule has 0 aliphatic carbocycles. The number of aryl methyl sites for hydroxylation is 1. The van der Waals surface area contributed by atoms with Gasteiger partial charge in [0.05, 0.1) is 22.2 Å². The lowest BCUT2D eigenvalue weighted by atomic mass is 10.4. The zero-order valence-electron chi connectivity index (χ0n) is 13.3. The summed E-state index contributed by atoms with van der Waals surface area (Å²) in [5.41, 5.74) is 0.747. The smallest absolute Gasteiger partial charge is 0.126 e. The van der Waals surface area contributed by atoms with E-state index >= 15 is 0 Å². The van der Waals surface area contributed by atoms with Crippen LogP contribution in [0.15, 0.2) is 69.4 Å². The molecular weight excluding hydrogens is 395 g/mol. The molecule has 0 spiro atoms. The number of hydrogen-bond acceptors (Lipinski definition) is 4. The third kappa shape index (κ3) is 5.28. The van der Waals surface area contributed by atoms with Crippen molar-refractivity contribution in [3.05, 3.63) is 76.2 Å². The normalized spacial score (nSPS) is 12.1. The maximum atomic E-state index is 12.5. The van der Waals surface area contributed by atoms with Gasteiger partial charge in [-0.3, -0.25) is 4.21 Å². The molecule has 0 aliphatic heterocycles. The Morgan fingerprint density at radius 3 is 2.20 bits per heavy atom. The minimum absolute atomic E-state index is 0.333. The lowest BCUT2D eigenvalue weighted by Gasteiger charge is -2.07. The molecule has 1 heterocycles. The zero-order valence-corrected chi connectivity index (χ0v) is 16.4. The van der Waals surface area contributed by atoms with Crippen molar-refractivity contribution in [3.63, 3.8) is 0 Å². The van der Waals surface area contributed by atoms with Crippen molar-refractivity contribution in [1.82, 2.24) is 9.97 Å². The molecule has 2 aromatic carbocycles. The fourth-order valence-corrected chi connectivity index (χ4v) is 4.31. The number of benzene rings is 2. The van der Waals surface area contributed by atoms with Crippen molar-refractivity contribution in [2.24, 2.45) is 0 Å². The second-order valence-electron chi connectivity index (χ2n) is 5.24. The Morgan fingerprint density at radius 2 is 1.56 bits per heavy atom. The summed E-state index contributed by atoms with van der Waals surface area (Å²) in [6.07, 6.45) is 0. The first-order chi connectivity index (χ1) is 12.0. The Labute approximate surface area is 163 Å². The van der Waals surface area contributed by atoms with E-state index in [4.69, 9.17) is 23.2 Å². The average molecular weight is 409 g/mol. The van der Waals surface area contributed by atoms with Crippen molar-refractivity contribution < 1.29 is 4.21 Å². The fourth-order valence-electron chi connectivity index (χ4n) is 2.15. The topological polar surface area (TPSA) is 42.9 Å². The molecule has 3 nitrogen and oxygen atoms in total. The van der Waals surface area contributed by atoms with E-state index in [2.05, 4.69) is 9.97 Å². The minimum atomic E-state index is -1.18. The number of nitrogens with zero attached hydrogens (tertiary/aromatic N) is 2.